The molecule has 0 radical (unpaired) electrons. The molecule has 31 heavy (non-hydrogen) atoms. The second-order valence-corrected chi connectivity index (χ2v) is 10.7. The van der Waals surface area contributed by atoms with Gasteiger partial charge in [-0.3, -0.25) is 0 Å². The Balaban J connectivity index is 0.00000341. The molecule has 1 aromatic heterocycles. The minimum absolute atomic E-state index is 0. The van der Waals surface area contributed by atoms with Crippen molar-refractivity contribution in [2.75, 3.05) is 43.9 Å². The molecule has 12 heteroatoms. The molecule has 2 aliphatic rings. The quantitative estimate of drug-likeness (QED) is 0.221. The standard InChI is InChI=1S/C19H25N3O5S3.Na/c1-20-10-12-28-17(20)6-3-5-16-21(2)15(19(23)27-16)7-8-18-22(11-13-29-18)9-4-14-30(24,25)26;/h3,5-8H,4,9-14H2,1-2H3;/q;+1. The average molecular weight is 495 g/mol. The van der Waals surface area contributed by atoms with Gasteiger partial charge in [0.25, 0.3) is 0 Å². The van der Waals surface area contributed by atoms with Crippen molar-refractivity contribution in [3.05, 3.63) is 44.6 Å². The van der Waals surface area contributed by atoms with Gasteiger partial charge >= 0.3 is 35.2 Å². The summed E-state index contributed by atoms with van der Waals surface area (Å²) in [5, 5.41) is 2.56. The van der Waals surface area contributed by atoms with Gasteiger partial charge in [-0.15, -0.1) is 11.8 Å². The monoisotopic (exact) mass is 494 g/mol. The maximum Gasteiger partial charge on any atom is 1.00 e. The van der Waals surface area contributed by atoms with Crippen LogP contribution in [0.25, 0.3) is 12.2 Å². The second-order valence-electron chi connectivity index (χ2n) is 6.93. The van der Waals surface area contributed by atoms with Gasteiger partial charge in [0, 0.05) is 37.7 Å². The zero-order chi connectivity index (χ0) is 21.7. The summed E-state index contributed by atoms with van der Waals surface area (Å²) in [4.78, 5) is 14.3. The molecule has 0 aliphatic carbocycles. The van der Waals surface area contributed by atoms with Gasteiger partial charge in [-0.1, -0.05) is 11.8 Å². The molecule has 3 heterocycles. The van der Waals surface area contributed by atoms with Crippen LogP contribution in [0.3, 0.4) is 0 Å². The molecule has 0 N–H and O–H groups in total. The Hall–Kier alpha value is -0.690. The van der Waals surface area contributed by atoms with E-state index in [1.807, 2.05) is 30.2 Å². The molecule has 0 bridgehead atoms. The minimum Gasteiger partial charge on any atom is -0.748 e. The number of thioether (sulfide) groups is 2. The van der Waals surface area contributed by atoms with Gasteiger partial charge in [0.05, 0.1) is 20.9 Å². The number of oxazole rings is 1. The van der Waals surface area contributed by atoms with Crippen molar-refractivity contribution in [3.8, 4) is 0 Å². The van der Waals surface area contributed by atoms with E-state index < -0.39 is 15.7 Å². The van der Waals surface area contributed by atoms with Crippen LogP contribution in [0.2, 0.25) is 0 Å². The van der Waals surface area contributed by atoms with Crippen molar-refractivity contribution in [1.82, 2.24) is 9.47 Å². The number of hydrogen-bond acceptors (Lipinski definition) is 8. The third kappa shape index (κ3) is 7.69. The Labute approximate surface area is 212 Å². The van der Waals surface area contributed by atoms with E-state index in [2.05, 4.69) is 4.58 Å². The third-order valence-electron chi connectivity index (χ3n) is 4.76. The zero-order valence-corrected chi connectivity index (χ0v) is 22.4. The van der Waals surface area contributed by atoms with Crippen LogP contribution in [0.1, 0.15) is 6.42 Å². The summed E-state index contributed by atoms with van der Waals surface area (Å²) >= 11 is 3.42. The summed E-state index contributed by atoms with van der Waals surface area (Å²) in [5.41, 5.74) is 0.0461. The fraction of sp³-hybridized carbons (Fsp3) is 0.474. The molecule has 0 atom stereocenters. The molecule has 0 aromatic carbocycles. The van der Waals surface area contributed by atoms with Gasteiger partial charge in [0.1, 0.15) is 12.4 Å². The fourth-order valence-electron chi connectivity index (χ4n) is 3.11. The maximum atomic E-state index is 12.3. The van der Waals surface area contributed by atoms with Crippen molar-refractivity contribution >= 4 is 50.8 Å². The van der Waals surface area contributed by atoms with Gasteiger partial charge in [-0.05, 0) is 30.7 Å². The van der Waals surface area contributed by atoms with Crippen LogP contribution in [0.4, 0.5) is 0 Å². The van der Waals surface area contributed by atoms with E-state index in [-0.39, 0.29) is 41.7 Å². The van der Waals surface area contributed by atoms with Crippen LogP contribution in [-0.4, -0.2) is 76.0 Å². The Morgan fingerprint density at radius 3 is 2.68 bits per heavy atom. The Morgan fingerprint density at radius 2 is 2.00 bits per heavy atom. The molecular weight excluding hydrogens is 469 g/mol. The van der Waals surface area contributed by atoms with Crippen molar-refractivity contribution < 1.29 is 51.5 Å². The van der Waals surface area contributed by atoms with Gasteiger partial charge in [-0.2, -0.15) is 0 Å². The summed E-state index contributed by atoms with van der Waals surface area (Å²) in [6, 6.07) is 0. The second kappa shape index (κ2) is 12.0. The fourth-order valence-corrected chi connectivity index (χ4v) is 5.71. The van der Waals surface area contributed by atoms with Crippen molar-refractivity contribution in [2.45, 2.75) is 6.42 Å². The molecule has 0 unspecified atom stereocenters. The zero-order valence-electron chi connectivity index (χ0n) is 17.9. The van der Waals surface area contributed by atoms with E-state index in [1.165, 1.54) is 5.04 Å². The molecule has 3 rings (SSSR count). The van der Waals surface area contributed by atoms with E-state index in [9.17, 15) is 17.8 Å². The van der Waals surface area contributed by atoms with Gasteiger partial charge in [0.15, 0.2) is 6.54 Å². The van der Waals surface area contributed by atoms with E-state index in [0.29, 0.717) is 17.4 Å². The van der Waals surface area contributed by atoms with Crippen molar-refractivity contribution in [1.29, 1.82) is 0 Å². The molecule has 0 amide bonds. The van der Waals surface area contributed by atoms with Crippen molar-refractivity contribution in [2.24, 2.45) is 7.05 Å². The first-order valence-corrected chi connectivity index (χ1v) is 13.1. The van der Waals surface area contributed by atoms with E-state index in [1.54, 1.807) is 47.3 Å². The number of hydrogen-bond donors (Lipinski definition) is 0. The van der Waals surface area contributed by atoms with Crippen LogP contribution in [-0.2, 0) is 17.2 Å². The number of allylic oxidation sites excluding steroid dienone is 2. The van der Waals surface area contributed by atoms with Crippen molar-refractivity contribution in [3.63, 3.8) is 0 Å². The molecular formula is C19H25N3NaO5S3+. The Morgan fingerprint density at radius 1 is 1.23 bits per heavy atom. The first-order valence-electron chi connectivity index (χ1n) is 9.53. The normalized spacial score (nSPS) is 20.0. The van der Waals surface area contributed by atoms with Gasteiger partial charge in [0.2, 0.25) is 10.6 Å². The first-order chi connectivity index (χ1) is 14.2. The van der Waals surface area contributed by atoms with E-state index in [4.69, 9.17) is 4.42 Å². The van der Waals surface area contributed by atoms with Crippen LogP contribution in [0.5, 0.6) is 0 Å². The van der Waals surface area contributed by atoms with Crippen LogP contribution in [0, 0.1) is 0 Å². The van der Waals surface area contributed by atoms with E-state index in [0.717, 1.165) is 29.6 Å². The number of rotatable bonds is 7. The number of aromatic nitrogens is 1. The SMILES string of the molecule is Cn1c(=CC=CC2=[N+](C)CCS2)oc(=O)c1=CC=C1SCCN1CCCS(=O)(=O)[O-].[Na+]. The molecule has 0 spiro atoms. The molecule has 2 aliphatic heterocycles. The molecule has 8 nitrogen and oxygen atoms in total. The smallest absolute Gasteiger partial charge is 0.748 e. The van der Waals surface area contributed by atoms with Crippen LogP contribution >= 0.6 is 23.5 Å². The molecule has 0 saturated carbocycles. The summed E-state index contributed by atoms with van der Waals surface area (Å²) in [5.74, 6) is 1.58. The van der Waals surface area contributed by atoms with E-state index >= 15 is 0 Å². The largest absolute Gasteiger partial charge is 1.00 e. The summed E-state index contributed by atoms with van der Waals surface area (Å²) in [6.07, 6.45) is 9.50. The Kier molecular flexibility index (Phi) is 10.3. The average Bonchev–Trinajstić information content (AvgIpc) is 3.34. The molecule has 1 aromatic rings. The summed E-state index contributed by atoms with van der Waals surface area (Å²) < 4.78 is 41.6. The Bertz CT molecular complexity index is 1170. The maximum absolute atomic E-state index is 12.3. The number of nitrogens with zero attached hydrogens (tertiary/aromatic N) is 3. The van der Waals surface area contributed by atoms with Crippen LogP contribution < -0.4 is 46.1 Å². The molecule has 1 saturated heterocycles. The third-order valence-corrected chi connectivity index (χ3v) is 7.75. The summed E-state index contributed by atoms with van der Waals surface area (Å²) in [6.45, 7) is 2.30. The summed E-state index contributed by atoms with van der Waals surface area (Å²) in [7, 11) is -0.372. The van der Waals surface area contributed by atoms with Crippen LogP contribution in [0.15, 0.2) is 32.5 Å². The predicted molar refractivity (Wildman–Crippen MR) is 121 cm³/mol. The minimum atomic E-state index is -4.20. The van der Waals surface area contributed by atoms with Gasteiger partial charge in [-0.25, -0.2) is 17.8 Å². The first kappa shape index (κ1) is 26.6. The topological polar surface area (TPSA) is 98.6 Å². The van der Waals surface area contributed by atoms with Gasteiger partial charge < -0.3 is 18.4 Å². The predicted octanol–water partition coefficient (Wildman–Crippen LogP) is -3.29. The molecule has 1 fully saturated rings. The molecule has 164 valence electrons.